The van der Waals surface area contributed by atoms with E-state index in [1.807, 2.05) is 6.92 Å². The Hall–Kier alpha value is -0.810. The maximum atomic E-state index is 11.2. The van der Waals surface area contributed by atoms with E-state index >= 15 is 0 Å². The highest BCUT2D eigenvalue weighted by atomic mass is 35.5. The predicted octanol–water partition coefficient (Wildman–Crippen LogP) is 0.228. The third-order valence-corrected chi connectivity index (χ3v) is 2.31. The van der Waals surface area contributed by atoms with Crippen molar-refractivity contribution in [3.63, 3.8) is 0 Å². The number of rotatable bonds is 2. The van der Waals surface area contributed by atoms with Crippen molar-refractivity contribution in [3.05, 3.63) is 0 Å². The van der Waals surface area contributed by atoms with Crippen LogP contribution in [0.2, 0.25) is 0 Å². The molecule has 1 heterocycles. The van der Waals surface area contributed by atoms with Crippen LogP contribution in [-0.2, 0) is 9.53 Å². The second kappa shape index (κ2) is 5.17. The molecular formula is C8H13ClN2O3. The summed E-state index contributed by atoms with van der Waals surface area (Å²) in [5.41, 5.74) is 0. The number of urea groups is 1. The Balaban J connectivity index is 2.29. The van der Waals surface area contributed by atoms with Crippen LogP contribution in [0.15, 0.2) is 0 Å². The summed E-state index contributed by atoms with van der Waals surface area (Å²) >= 11 is 5.22. The van der Waals surface area contributed by atoms with E-state index < -0.39 is 11.9 Å². The monoisotopic (exact) mass is 220 g/mol. The molecule has 1 aliphatic heterocycles. The summed E-state index contributed by atoms with van der Waals surface area (Å²) in [7, 11) is 0. The third kappa shape index (κ3) is 3.16. The summed E-state index contributed by atoms with van der Waals surface area (Å²) in [4.78, 5) is 21.9. The van der Waals surface area contributed by atoms with Crippen LogP contribution >= 0.6 is 11.6 Å². The third-order valence-electron chi connectivity index (χ3n) is 2.07. The van der Waals surface area contributed by atoms with Crippen molar-refractivity contribution < 1.29 is 14.3 Å². The standard InChI is InChI=1S/C8H13ClN2O3/c1-5-6(2-3-14-5)10-8(13)11-7(12)4-9/h5-6H,2-4H2,1H3,(H2,10,11,12,13). The van der Waals surface area contributed by atoms with Gasteiger partial charge in [0.25, 0.3) is 0 Å². The maximum Gasteiger partial charge on any atom is 0.321 e. The van der Waals surface area contributed by atoms with Gasteiger partial charge in [0.15, 0.2) is 0 Å². The van der Waals surface area contributed by atoms with Crippen LogP contribution in [0, 0.1) is 0 Å². The summed E-state index contributed by atoms with van der Waals surface area (Å²) in [5, 5.41) is 4.74. The first-order valence-electron chi connectivity index (χ1n) is 4.41. The fraction of sp³-hybridized carbons (Fsp3) is 0.750. The number of ether oxygens (including phenoxy) is 1. The van der Waals surface area contributed by atoms with E-state index in [-0.39, 0.29) is 18.0 Å². The van der Waals surface area contributed by atoms with Crippen molar-refractivity contribution in [2.75, 3.05) is 12.5 Å². The lowest BCUT2D eigenvalue weighted by Gasteiger charge is -2.15. The van der Waals surface area contributed by atoms with E-state index in [9.17, 15) is 9.59 Å². The highest BCUT2D eigenvalue weighted by Crippen LogP contribution is 2.11. The highest BCUT2D eigenvalue weighted by molar-refractivity contribution is 6.28. The Kier molecular flexibility index (Phi) is 4.16. The fourth-order valence-electron chi connectivity index (χ4n) is 1.29. The topological polar surface area (TPSA) is 67.4 Å². The van der Waals surface area contributed by atoms with Gasteiger partial charge in [0, 0.05) is 6.61 Å². The minimum atomic E-state index is -0.516. The molecule has 3 amide bonds. The predicted molar refractivity (Wildman–Crippen MR) is 51.2 cm³/mol. The van der Waals surface area contributed by atoms with Crippen LogP contribution in [0.1, 0.15) is 13.3 Å². The molecule has 0 aromatic carbocycles. The second-order valence-corrected chi connectivity index (χ2v) is 3.39. The average Bonchev–Trinajstić information content (AvgIpc) is 2.51. The van der Waals surface area contributed by atoms with Gasteiger partial charge in [0.1, 0.15) is 5.88 Å². The minimum absolute atomic E-state index is 0.00754. The van der Waals surface area contributed by atoms with Crippen LogP contribution in [0.25, 0.3) is 0 Å². The second-order valence-electron chi connectivity index (χ2n) is 3.13. The molecule has 0 aliphatic carbocycles. The van der Waals surface area contributed by atoms with E-state index in [4.69, 9.17) is 16.3 Å². The van der Waals surface area contributed by atoms with Crippen molar-refractivity contribution in [2.24, 2.45) is 0 Å². The normalized spacial score (nSPS) is 25.9. The van der Waals surface area contributed by atoms with Gasteiger partial charge in [-0.15, -0.1) is 11.6 Å². The number of amides is 3. The molecule has 2 unspecified atom stereocenters. The first kappa shape index (κ1) is 11.3. The van der Waals surface area contributed by atoms with Crippen LogP contribution in [-0.4, -0.2) is 36.6 Å². The molecule has 0 radical (unpaired) electrons. The maximum absolute atomic E-state index is 11.2. The molecule has 1 rings (SSSR count). The smallest absolute Gasteiger partial charge is 0.321 e. The summed E-state index contributed by atoms with van der Waals surface area (Å²) in [5.74, 6) is -0.722. The van der Waals surface area contributed by atoms with Gasteiger partial charge in [0.2, 0.25) is 5.91 Å². The summed E-state index contributed by atoms with van der Waals surface area (Å²) in [6, 6.07) is -0.545. The van der Waals surface area contributed by atoms with Gasteiger partial charge >= 0.3 is 6.03 Å². The lowest BCUT2D eigenvalue weighted by atomic mass is 10.2. The minimum Gasteiger partial charge on any atom is -0.376 e. The van der Waals surface area contributed by atoms with Gasteiger partial charge in [-0.25, -0.2) is 4.79 Å². The Labute approximate surface area is 87.1 Å². The number of carbonyl (C=O) groups is 2. The first-order valence-corrected chi connectivity index (χ1v) is 4.95. The number of carbonyl (C=O) groups excluding carboxylic acids is 2. The summed E-state index contributed by atoms with van der Waals surface area (Å²) in [6.07, 6.45) is 0.760. The van der Waals surface area contributed by atoms with Crippen LogP contribution in [0.3, 0.4) is 0 Å². The molecule has 1 fully saturated rings. The quantitative estimate of drug-likeness (QED) is 0.655. The SMILES string of the molecule is CC1OCCC1NC(=O)NC(=O)CCl. The van der Waals surface area contributed by atoms with E-state index in [0.29, 0.717) is 6.61 Å². The molecule has 0 saturated carbocycles. The molecule has 0 spiro atoms. The van der Waals surface area contributed by atoms with Crippen LogP contribution < -0.4 is 10.6 Å². The molecule has 0 aromatic rings. The Morgan fingerprint density at radius 2 is 2.29 bits per heavy atom. The lowest BCUT2D eigenvalue weighted by molar-refractivity contribution is -0.117. The molecule has 2 atom stereocenters. The van der Waals surface area contributed by atoms with Crippen LogP contribution in [0.4, 0.5) is 4.79 Å². The van der Waals surface area contributed by atoms with Crippen molar-refractivity contribution >= 4 is 23.5 Å². The molecule has 5 nitrogen and oxygen atoms in total. The van der Waals surface area contributed by atoms with E-state index in [0.717, 1.165) is 6.42 Å². The molecule has 80 valence electrons. The van der Waals surface area contributed by atoms with E-state index in [1.165, 1.54) is 0 Å². The number of halogens is 1. The van der Waals surface area contributed by atoms with E-state index in [1.54, 1.807) is 0 Å². The average molecular weight is 221 g/mol. The molecule has 14 heavy (non-hydrogen) atoms. The molecule has 1 saturated heterocycles. The van der Waals surface area contributed by atoms with Gasteiger partial charge in [-0.2, -0.15) is 0 Å². The Morgan fingerprint density at radius 1 is 1.57 bits per heavy atom. The first-order chi connectivity index (χ1) is 6.63. The Bertz CT molecular complexity index is 235. The molecule has 1 aliphatic rings. The van der Waals surface area contributed by atoms with Crippen LogP contribution in [0.5, 0.6) is 0 Å². The van der Waals surface area contributed by atoms with Gasteiger partial charge < -0.3 is 10.1 Å². The largest absolute Gasteiger partial charge is 0.376 e. The van der Waals surface area contributed by atoms with Gasteiger partial charge in [-0.3, -0.25) is 10.1 Å². The molecule has 2 N–H and O–H groups in total. The summed E-state index contributed by atoms with van der Waals surface area (Å²) in [6.45, 7) is 2.51. The number of hydrogen-bond donors (Lipinski definition) is 2. The number of alkyl halides is 1. The van der Waals surface area contributed by atoms with Gasteiger partial charge in [-0.05, 0) is 13.3 Å². The zero-order chi connectivity index (χ0) is 10.6. The number of nitrogens with one attached hydrogen (secondary N) is 2. The van der Waals surface area contributed by atoms with Gasteiger partial charge in [0.05, 0.1) is 12.1 Å². The Morgan fingerprint density at radius 3 is 2.79 bits per heavy atom. The van der Waals surface area contributed by atoms with Crippen molar-refractivity contribution in [2.45, 2.75) is 25.5 Å². The molecule has 6 heteroatoms. The van der Waals surface area contributed by atoms with Crippen molar-refractivity contribution in [1.29, 1.82) is 0 Å². The fourth-order valence-corrected chi connectivity index (χ4v) is 1.35. The molecular weight excluding hydrogens is 208 g/mol. The highest BCUT2D eigenvalue weighted by Gasteiger charge is 2.25. The number of hydrogen-bond acceptors (Lipinski definition) is 3. The zero-order valence-corrected chi connectivity index (χ0v) is 8.63. The van der Waals surface area contributed by atoms with Crippen molar-refractivity contribution in [1.82, 2.24) is 10.6 Å². The molecule has 0 aromatic heterocycles. The number of imide groups is 1. The summed E-state index contributed by atoms with van der Waals surface area (Å²) < 4.78 is 5.24. The van der Waals surface area contributed by atoms with E-state index in [2.05, 4.69) is 10.6 Å². The molecule has 0 bridgehead atoms. The van der Waals surface area contributed by atoms with Gasteiger partial charge in [-0.1, -0.05) is 0 Å². The zero-order valence-electron chi connectivity index (χ0n) is 7.88. The lowest BCUT2D eigenvalue weighted by Crippen LogP contribution is -2.47. The van der Waals surface area contributed by atoms with Crippen molar-refractivity contribution in [3.8, 4) is 0 Å².